The highest BCUT2D eigenvalue weighted by atomic mass is 35.5. The summed E-state index contributed by atoms with van der Waals surface area (Å²) in [4.78, 5) is 30.2. The number of rotatable bonds is 2. The summed E-state index contributed by atoms with van der Waals surface area (Å²) in [6.07, 6.45) is 3.16. The summed E-state index contributed by atoms with van der Waals surface area (Å²) in [7, 11) is 0. The topological polar surface area (TPSA) is 71.5 Å². The zero-order valence-electron chi connectivity index (χ0n) is 13.9. The first kappa shape index (κ1) is 17.5. The minimum atomic E-state index is -0.744. The van der Waals surface area contributed by atoms with E-state index in [1.54, 1.807) is 40.0 Å². The fraction of sp³-hybridized carbons (Fsp3) is 0.562. The Labute approximate surface area is 141 Å². The van der Waals surface area contributed by atoms with Gasteiger partial charge < -0.3 is 10.1 Å². The maximum Gasteiger partial charge on any atom is 0.328 e. The number of esters is 1. The minimum Gasteiger partial charge on any atom is -0.458 e. The van der Waals surface area contributed by atoms with Gasteiger partial charge in [-0.25, -0.2) is 14.6 Å². The van der Waals surface area contributed by atoms with Crippen molar-refractivity contribution < 1.29 is 14.3 Å². The number of pyridine rings is 1. The number of urea groups is 1. The van der Waals surface area contributed by atoms with E-state index >= 15 is 0 Å². The number of aromatic nitrogens is 1. The molecule has 1 aromatic heterocycles. The molecule has 23 heavy (non-hydrogen) atoms. The van der Waals surface area contributed by atoms with Gasteiger partial charge in [0.05, 0.1) is 0 Å². The van der Waals surface area contributed by atoms with Crippen LogP contribution in [0.5, 0.6) is 0 Å². The first-order valence-corrected chi connectivity index (χ1v) is 8.01. The fourth-order valence-corrected chi connectivity index (χ4v) is 2.59. The third kappa shape index (κ3) is 4.34. The van der Waals surface area contributed by atoms with Crippen LogP contribution in [0.2, 0.25) is 5.02 Å². The van der Waals surface area contributed by atoms with E-state index in [9.17, 15) is 9.59 Å². The van der Waals surface area contributed by atoms with Crippen LogP contribution in [-0.4, -0.2) is 35.2 Å². The Morgan fingerprint density at radius 2 is 2.13 bits per heavy atom. The molecule has 0 aromatic carbocycles. The molecular weight excluding hydrogens is 318 g/mol. The van der Waals surface area contributed by atoms with Crippen molar-refractivity contribution >= 4 is 29.4 Å². The molecular formula is C16H22ClN3O3. The van der Waals surface area contributed by atoms with Crippen LogP contribution in [0.3, 0.4) is 0 Å². The lowest BCUT2D eigenvalue weighted by atomic mass is 10.1. The number of anilines is 1. The smallest absolute Gasteiger partial charge is 0.328 e. The number of ether oxygens (including phenoxy) is 1. The normalized spacial score (nSPS) is 15.6. The van der Waals surface area contributed by atoms with Crippen molar-refractivity contribution in [1.82, 2.24) is 10.3 Å². The van der Waals surface area contributed by atoms with Crippen molar-refractivity contribution in [3.8, 4) is 0 Å². The van der Waals surface area contributed by atoms with Crippen LogP contribution in [0.1, 0.15) is 39.7 Å². The number of nitrogens with zero attached hydrogens (tertiary/aromatic N) is 2. The van der Waals surface area contributed by atoms with E-state index < -0.39 is 17.6 Å². The van der Waals surface area contributed by atoms with E-state index in [-0.39, 0.29) is 6.03 Å². The van der Waals surface area contributed by atoms with E-state index in [1.807, 2.05) is 0 Å². The Morgan fingerprint density at radius 3 is 2.78 bits per heavy atom. The zero-order valence-corrected chi connectivity index (χ0v) is 14.6. The summed E-state index contributed by atoms with van der Waals surface area (Å²) in [5.41, 5.74) is 0.267. The van der Waals surface area contributed by atoms with Gasteiger partial charge in [-0.2, -0.15) is 0 Å². The number of amides is 2. The Hall–Kier alpha value is -1.82. The first-order chi connectivity index (χ1) is 10.7. The van der Waals surface area contributed by atoms with Gasteiger partial charge in [0.1, 0.15) is 17.5 Å². The molecule has 0 fully saturated rings. The Bertz CT molecular complexity index is 613. The van der Waals surface area contributed by atoms with Crippen LogP contribution in [0.4, 0.5) is 10.6 Å². The van der Waals surface area contributed by atoms with Crippen molar-refractivity contribution in [3.63, 3.8) is 0 Å². The molecule has 6 nitrogen and oxygen atoms in total. The average molecular weight is 340 g/mol. The van der Waals surface area contributed by atoms with E-state index in [4.69, 9.17) is 16.3 Å². The lowest BCUT2D eigenvalue weighted by Crippen LogP contribution is -2.50. The number of hydrogen-bond acceptors (Lipinski definition) is 4. The quantitative estimate of drug-likeness (QED) is 0.841. The van der Waals surface area contributed by atoms with Gasteiger partial charge in [-0.1, -0.05) is 11.6 Å². The molecule has 0 unspecified atom stereocenters. The van der Waals surface area contributed by atoms with Gasteiger partial charge in [-0.15, -0.1) is 0 Å². The molecule has 1 aliphatic rings. The fourth-order valence-electron chi connectivity index (χ4n) is 2.35. The van der Waals surface area contributed by atoms with Crippen molar-refractivity contribution in [2.75, 3.05) is 11.4 Å². The lowest BCUT2D eigenvalue weighted by Gasteiger charge is -2.30. The first-order valence-electron chi connectivity index (χ1n) is 7.63. The number of hydrogen-bond donors (Lipinski definition) is 1. The van der Waals surface area contributed by atoms with Crippen LogP contribution in [0.25, 0.3) is 0 Å². The predicted molar refractivity (Wildman–Crippen MR) is 88.8 cm³/mol. The maximum atomic E-state index is 12.5. The number of fused-ring (bicyclic) bond motifs is 1. The van der Waals surface area contributed by atoms with E-state index in [0.717, 1.165) is 18.4 Å². The zero-order chi connectivity index (χ0) is 17.2. The van der Waals surface area contributed by atoms with Crippen molar-refractivity contribution in [2.24, 2.45) is 0 Å². The summed E-state index contributed by atoms with van der Waals surface area (Å²) in [6.45, 7) is 7.49. The molecule has 0 radical (unpaired) electrons. The Morgan fingerprint density at radius 1 is 1.43 bits per heavy atom. The molecule has 0 aliphatic carbocycles. The van der Waals surface area contributed by atoms with Gasteiger partial charge >= 0.3 is 12.0 Å². The molecule has 1 atom stereocenters. The molecule has 0 saturated heterocycles. The van der Waals surface area contributed by atoms with E-state index in [0.29, 0.717) is 17.4 Å². The van der Waals surface area contributed by atoms with Crippen LogP contribution in [0, 0.1) is 0 Å². The molecule has 126 valence electrons. The van der Waals surface area contributed by atoms with Crippen molar-refractivity contribution in [2.45, 2.75) is 52.2 Å². The number of nitrogens with one attached hydrogen (secondary N) is 1. The molecule has 1 aromatic rings. The second kappa shape index (κ2) is 6.74. The molecule has 1 aliphatic heterocycles. The highest BCUT2D eigenvalue weighted by Crippen LogP contribution is 2.30. The van der Waals surface area contributed by atoms with Crippen LogP contribution in [-0.2, 0) is 16.0 Å². The summed E-state index contributed by atoms with van der Waals surface area (Å²) in [6, 6.07) is 0.593. The van der Waals surface area contributed by atoms with Gasteiger partial charge in [0.2, 0.25) is 0 Å². The predicted octanol–water partition coefficient (Wildman–Crippen LogP) is 2.93. The van der Waals surface area contributed by atoms with Crippen molar-refractivity contribution in [3.05, 3.63) is 22.8 Å². The SMILES string of the molecule is C[C@H](NC(=O)N1CCCc2c(Cl)ccnc21)C(=O)OC(C)(C)C. The van der Waals surface area contributed by atoms with Gasteiger partial charge in [-0.3, -0.25) is 4.90 Å². The molecule has 2 heterocycles. The molecule has 0 spiro atoms. The van der Waals surface area contributed by atoms with E-state index in [1.165, 1.54) is 4.90 Å². The number of halogens is 1. The molecule has 2 amide bonds. The summed E-state index contributed by atoms with van der Waals surface area (Å²) >= 11 is 6.17. The molecule has 7 heteroatoms. The van der Waals surface area contributed by atoms with Crippen LogP contribution in [0.15, 0.2) is 12.3 Å². The molecule has 2 rings (SSSR count). The highest BCUT2D eigenvalue weighted by Gasteiger charge is 2.29. The summed E-state index contributed by atoms with van der Waals surface area (Å²) in [5.74, 6) is 0.0831. The second-order valence-electron chi connectivity index (χ2n) is 6.55. The number of carbonyl (C=O) groups is 2. The molecule has 1 N–H and O–H groups in total. The van der Waals surface area contributed by atoms with Crippen molar-refractivity contribution in [1.29, 1.82) is 0 Å². The Balaban J connectivity index is 2.08. The Kier molecular flexibility index (Phi) is 5.14. The second-order valence-corrected chi connectivity index (χ2v) is 6.96. The van der Waals surface area contributed by atoms with E-state index in [2.05, 4.69) is 10.3 Å². The summed E-state index contributed by atoms with van der Waals surface area (Å²) in [5, 5.41) is 3.27. The molecule has 0 bridgehead atoms. The maximum absolute atomic E-state index is 12.5. The van der Waals surface area contributed by atoms with Crippen LogP contribution < -0.4 is 10.2 Å². The monoisotopic (exact) mass is 339 g/mol. The van der Waals surface area contributed by atoms with Gasteiger partial charge in [0, 0.05) is 23.3 Å². The third-order valence-electron chi connectivity index (χ3n) is 3.39. The lowest BCUT2D eigenvalue weighted by molar-refractivity contribution is -0.156. The van der Waals surface area contributed by atoms with Gasteiger partial charge in [0.25, 0.3) is 0 Å². The van der Waals surface area contributed by atoms with Gasteiger partial charge in [-0.05, 0) is 46.6 Å². The summed E-state index contributed by atoms with van der Waals surface area (Å²) < 4.78 is 5.27. The third-order valence-corrected chi connectivity index (χ3v) is 3.74. The minimum absolute atomic E-state index is 0.376. The number of carbonyl (C=O) groups excluding carboxylic acids is 2. The molecule has 0 saturated carbocycles. The average Bonchev–Trinajstić information content (AvgIpc) is 2.45. The highest BCUT2D eigenvalue weighted by molar-refractivity contribution is 6.31. The van der Waals surface area contributed by atoms with Gasteiger partial charge in [0.15, 0.2) is 0 Å². The largest absolute Gasteiger partial charge is 0.458 e. The van der Waals surface area contributed by atoms with Crippen LogP contribution >= 0.6 is 11.6 Å². The standard InChI is InChI=1S/C16H22ClN3O3/c1-10(14(21)23-16(2,3)4)19-15(22)20-9-5-6-11-12(17)7-8-18-13(11)20/h7-8,10H,5-6,9H2,1-4H3,(H,19,22)/t10-/m0/s1.